The number of rotatable bonds is 9. The normalized spacial score (nSPS) is 11.9. The van der Waals surface area contributed by atoms with Crippen molar-refractivity contribution in [3.63, 3.8) is 0 Å². The van der Waals surface area contributed by atoms with Gasteiger partial charge in [0.05, 0.1) is 32.6 Å². The van der Waals surface area contributed by atoms with Crippen LogP contribution in [0.5, 0.6) is 0 Å². The SMILES string of the molecule is CCOP(=O)(OCC)c1cn(COCCO)nn1. The zero-order valence-corrected chi connectivity index (χ0v) is 11.4. The number of aliphatic hydroxyl groups excluding tert-OH is 1. The van der Waals surface area contributed by atoms with Gasteiger partial charge in [-0.1, -0.05) is 5.21 Å². The minimum absolute atomic E-state index is 0.0715. The summed E-state index contributed by atoms with van der Waals surface area (Å²) in [6.07, 6.45) is 1.45. The molecule has 104 valence electrons. The van der Waals surface area contributed by atoms with Gasteiger partial charge in [-0.2, -0.15) is 0 Å². The Morgan fingerprint density at radius 1 is 1.39 bits per heavy atom. The Labute approximate surface area is 105 Å². The lowest BCUT2D eigenvalue weighted by Gasteiger charge is -2.13. The van der Waals surface area contributed by atoms with Gasteiger partial charge in [0.15, 0.2) is 5.44 Å². The highest BCUT2D eigenvalue weighted by atomic mass is 31.2. The Morgan fingerprint density at radius 2 is 2.06 bits per heavy atom. The van der Waals surface area contributed by atoms with Gasteiger partial charge in [0.25, 0.3) is 0 Å². The van der Waals surface area contributed by atoms with E-state index < -0.39 is 7.60 Å². The molecule has 0 unspecified atom stereocenters. The van der Waals surface area contributed by atoms with E-state index in [-0.39, 0.29) is 38.6 Å². The van der Waals surface area contributed by atoms with Crippen molar-refractivity contribution >= 4 is 13.0 Å². The van der Waals surface area contributed by atoms with Crippen LogP contribution >= 0.6 is 7.60 Å². The molecule has 8 nitrogen and oxygen atoms in total. The van der Waals surface area contributed by atoms with Crippen LogP contribution in [0.4, 0.5) is 0 Å². The molecule has 1 N–H and O–H groups in total. The Morgan fingerprint density at radius 3 is 2.61 bits per heavy atom. The number of nitrogens with zero attached hydrogens (tertiary/aromatic N) is 3. The van der Waals surface area contributed by atoms with Gasteiger partial charge in [-0.3, -0.25) is 4.57 Å². The standard InChI is InChI=1S/C9H18N3O5P/c1-3-16-18(14,17-4-2)9-7-12(11-10-9)8-15-6-5-13/h7,13H,3-6,8H2,1-2H3. The second-order valence-electron chi connectivity index (χ2n) is 3.21. The molecule has 0 saturated carbocycles. The van der Waals surface area contributed by atoms with Gasteiger partial charge in [0.1, 0.15) is 6.73 Å². The van der Waals surface area contributed by atoms with Crippen molar-refractivity contribution in [1.29, 1.82) is 0 Å². The molecule has 9 heteroatoms. The van der Waals surface area contributed by atoms with Gasteiger partial charge in [0.2, 0.25) is 0 Å². The van der Waals surface area contributed by atoms with Crippen molar-refractivity contribution in [2.75, 3.05) is 26.4 Å². The van der Waals surface area contributed by atoms with Crippen molar-refractivity contribution in [1.82, 2.24) is 15.0 Å². The number of aromatic nitrogens is 3. The number of hydrogen-bond acceptors (Lipinski definition) is 7. The average molecular weight is 279 g/mol. The molecule has 0 aromatic carbocycles. The summed E-state index contributed by atoms with van der Waals surface area (Å²) in [7, 11) is -3.39. The predicted molar refractivity (Wildman–Crippen MR) is 63.6 cm³/mol. The van der Waals surface area contributed by atoms with Crippen LogP contribution in [0.25, 0.3) is 0 Å². The molecule has 1 heterocycles. The van der Waals surface area contributed by atoms with E-state index in [0.29, 0.717) is 0 Å². The average Bonchev–Trinajstić information content (AvgIpc) is 2.79. The van der Waals surface area contributed by atoms with Gasteiger partial charge < -0.3 is 18.9 Å². The van der Waals surface area contributed by atoms with E-state index in [1.807, 2.05) is 0 Å². The summed E-state index contributed by atoms with van der Waals surface area (Å²) in [6, 6.07) is 0. The quantitative estimate of drug-likeness (QED) is 0.507. The summed E-state index contributed by atoms with van der Waals surface area (Å²) in [5, 5.41) is 16.1. The second-order valence-corrected chi connectivity index (χ2v) is 5.18. The lowest BCUT2D eigenvalue weighted by atomic mass is 10.8. The van der Waals surface area contributed by atoms with Crippen molar-refractivity contribution in [2.24, 2.45) is 0 Å². The van der Waals surface area contributed by atoms with E-state index in [4.69, 9.17) is 18.9 Å². The summed E-state index contributed by atoms with van der Waals surface area (Å²) in [4.78, 5) is 0. The molecular formula is C9H18N3O5P. The minimum atomic E-state index is -3.39. The summed E-state index contributed by atoms with van der Waals surface area (Å²) in [6.45, 7) is 4.20. The number of ether oxygens (including phenoxy) is 1. The Balaban J connectivity index is 2.71. The molecule has 0 fully saturated rings. The fraction of sp³-hybridized carbons (Fsp3) is 0.778. The van der Waals surface area contributed by atoms with Gasteiger partial charge in [-0.05, 0) is 13.8 Å². The highest BCUT2D eigenvalue weighted by Gasteiger charge is 2.30. The van der Waals surface area contributed by atoms with Crippen LogP contribution in [0, 0.1) is 0 Å². The molecule has 0 amide bonds. The Hall–Kier alpha value is -0.790. The van der Waals surface area contributed by atoms with Crippen LogP contribution in [0.3, 0.4) is 0 Å². The van der Waals surface area contributed by atoms with Crippen LogP contribution in [-0.4, -0.2) is 46.5 Å². The van der Waals surface area contributed by atoms with Crippen LogP contribution in [-0.2, 0) is 25.1 Å². The smallest absolute Gasteiger partial charge is 0.383 e. The van der Waals surface area contributed by atoms with E-state index in [0.717, 1.165) is 0 Å². The lowest BCUT2D eigenvalue weighted by molar-refractivity contribution is 0.0410. The largest absolute Gasteiger partial charge is 0.394 e. The molecule has 0 atom stereocenters. The predicted octanol–water partition coefficient (Wildman–Crippen LogP) is 0.136. The van der Waals surface area contributed by atoms with Crippen molar-refractivity contribution < 1.29 is 23.5 Å². The highest BCUT2D eigenvalue weighted by Crippen LogP contribution is 2.45. The van der Waals surface area contributed by atoms with E-state index in [2.05, 4.69) is 10.3 Å². The van der Waals surface area contributed by atoms with Crippen LogP contribution in [0.1, 0.15) is 13.8 Å². The molecule has 0 saturated heterocycles. The summed E-state index contributed by atoms with van der Waals surface area (Å²) < 4.78 is 29.0. The lowest BCUT2D eigenvalue weighted by Crippen LogP contribution is -2.12. The third-order valence-electron chi connectivity index (χ3n) is 1.86. The highest BCUT2D eigenvalue weighted by molar-refractivity contribution is 7.61. The van der Waals surface area contributed by atoms with E-state index >= 15 is 0 Å². The van der Waals surface area contributed by atoms with Crippen LogP contribution in [0.2, 0.25) is 0 Å². The monoisotopic (exact) mass is 279 g/mol. The zero-order valence-electron chi connectivity index (χ0n) is 10.5. The first-order valence-corrected chi connectivity index (χ1v) is 7.19. The molecule has 0 aliphatic carbocycles. The maximum atomic E-state index is 12.3. The van der Waals surface area contributed by atoms with E-state index in [9.17, 15) is 4.57 Å². The molecule has 1 aromatic heterocycles. The van der Waals surface area contributed by atoms with E-state index in [1.54, 1.807) is 13.8 Å². The molecule has 0 radical (unpaired) electrons. The molecule has 1 aromatic rings. The van der Waals surface area contributed by atoms with Crippen molar-refractivity contribution in [3.05, 3.63) is 6.20 Å². The first-order chi connectivity index (χ1) is 8.66. The molecule has 0 spiro atoms. The second kappa shape index (κ2) is 7.60. The zero-order chi connectivity index (χ0) is 13.4. The molecular weight excluding hydrogens is 261 g/mol. The van der Waals surface area contributed by atoms with Crippen LogP contribution < -0.4 is 5.44 Å². The fourth-order valence-corrected chi connectivity index (χ4v) is 2.65. The third kappa shape index (κ3) is 4.15. The van der Waals surface area contributed by atoms with Gasteiger partial charge in [0, 0.05) is 0 Å². The van der Waals surface area contributed by atoms with Crippen molar-refractivity contribution in [2.45, 2.75) is 20.6 Å². The number of hydrogen-bond donors (Lipinski definition) is 1. The maximum Gasteiger partial charge on any atom is 0.383 e. The van der Waals surface area contributed by atoms with E-state index in [1.165, 1.54) is 10.9 Å². The molecule has 0 bridgehead atoms. The maximum absolute atomic E-state index is 12.3. The van der Waals surface area contributed by atoms with Gasteiger partial charge in [-0.15, -0.1) is 5.10 Å². The summed E-state index contributed by atoms with van der Waals surface area (Å²) in [5.41, 5.74) is 0.152. The summed E-state index contributed by atoms with van der Waals surface area (Å²) >= 11 is 0. The fourth-order valence-electron chi connectivity index (χ4n) is 1.21. The van der Waals surface area contributed by atoms with Crippen LogP contribution in [0.15, 0.2) is 6.20 Å². The Kier molecular flexibility index (Phi) is 6.45. The van der Waals surface area contributed by atoms with Crippen molar-refractivity contribution in [3.8, 4) is 0 Å². The Bertz CT molecular complexity index is 387. The molecule has 1 rings (SSSR count). The number of aliphatic hydroxyl groups is 1. The minimum Gasteiger partial charge on any atom is -0.394 e. The third-order valence-corrected chi connectivity index (χ3v) is 3.83. The summed E-state index contributed by atoms with van der Waals surface area (Å²) in [5.74, 6) is 0. The first kappa shape index (κ1) is 15.3. The van der Waals surface area contributed by atoms with Gasteiger partial charge in [-0.25, -0.2) is 4.68 Å². The molecule has 0 aliphatic heterocycles. The first-order valence-electron chi connectivity index (χ1n) is 5.64. The topological polar surface area (TPSA) is 95.7 Å². The van der Waals surface area contributed by atoms with Gasteiger partial charge >= 0.3 is 7.60 Å². The molecule has 0 aliphatic rings. The molecule has 18 heavy (non-hydrogen) atoms.